The summed E-state index contributed by atoms with van der Waals surface area (Å²) in [6, 6.07) is 56.8. The largest absolute Gasteiger partial charge is 0.512 e. The van der Waals surface area contributed by atoms with Crippen LogP contribution < -0.4 is 0 Å². The third kappa shape index (κ3) is 8.69. The number of aromatic nitrogens is 2. The molecule has 2 heterocycles. The molecule has 6 heteroatoms. The van der Waals surface area contributed by atoms with Crippen molar-refractivity contribution in [3.05, 3.63) is 203 Å². The fourth-order valence-corrected chi connectivity index (χ4v) is 8.42. The maximum absolute atomic E-state index is 12.7. The summed E-state index contributed by atoms with van der Waals surface area (Å²) in [5, 5.41) is 9.73. The minimum Gasteiger partial charge on any atom is -0.512 e. The topological polar surface area (TPSA) is 63.1 Å². The molecule has 0 aliphatic carbocycles. The smallest absolute Gasteiger partial charge is 0.159 e. The number of pyridine rings is 2. The van der Waals surface area contributed by atoms with Crippen LogP contribution in [0.2, 0.25) is 0 Å². The van der Waals surface area contributed by atoms with E-state index in [4.69, 9.17) is 4.98 Å². The molecule has 0 radical (unpaired) electrons. The van der Waals surface area contributed by atoms with Crippen LogP contribution in [0.4, 0.5) is 0 Å². The van der Waals surface area contributed by atoms with Crippen LogP contribution >= 0.6 is 31.9 Å². The molecule has 8 aromatic rings. The highest BCUT2D eigenvalue weighted by molar-refractivity contribution is 9.10. The standard InChI is InChI=1S/C52H38Br2N2O2/c1-34(57)27-43(58)23-20-35-11-2-3-14-44(35)39-28-40(46-16-5-4-15-45(46)38-22-25-52(56-33-38)36-12-10-13-42(53)31-36)30-41(29-39)47-17-6-7-18-48(47)49-24-21-37(32-50(49)54)51-19-8-9-26-55-51/h2-19,21-22,24-33,57H,20,23H2,1H3. The average molecular weight is 883 g/mol. The second-order valence-corrected chi connectivity index (χ2v) is 15.9. The van der Waals surface area contributed by atoms with Gasteiger partial charge in [0, 0.05) is 50.5 Å². The van der Waals surface area contributed by atoms with Gasteiger partial charge in [-0.15, -0.1) is 0 Å². The van der Waals surface area contributed by atoms with Crippen molar-refractivity contribution in [3.8, 4) is 78.1 Å². The first-order valence-electron chi connectivity index (χ1n) is 19.1. The minimum absolute atomic E-state index is 0.0175. The van der Waals surface area contributed by atoms with Gasteiger partial charge in [0.05, 0.1) is 17.1 Å². The quantitative estimate of drug-likeness (QED) is 0.104. The number of hydrogen-bond acceptors (Lipinski definition) is 4. The number of carbonyl (C=O) groups is 1. The Morgan fingerprint density at radius 3 is 1.76 bits per heavy atom. The maximum Gasteiger partial charge on any atom is 0.159 e. The summed E-state index contributed by atoms with van der Waals surface area (Å²) >= 11 is 7.51. The van der Waals surface area contributed by atoms with E-state index in [1.807, 2.05) is 54.9 Å². The number of rotatable bonds is 11. The van der Waals surface area contributed by atoms with E-state index in [9.17, 15) is 9.90 Å². The number of aliphatic hydroxyl groups is 1. The number of aryl methyl sites for hydroxylation is 1. The molecule has 0 aliphatic heterocycles. The third-order valence-corrected chi connectivity index (χ3v) is 11.3. The van der Waals surface area contributed by atoms with Gasteiger partial charge in [0.2, 0.25) is 0 Å². The van der Waals surface area contributed by atoms with Crippen molar-refractivity contribution < 1.29 is 9.90 Å². The van der Waals surface area contributed by atoms with Crippen LogP contribution in [0.3, 0.4) is 0 Å². The highest BCUT2D eigenvalue weighted by Gasteiger charge is 2.17. The highest BCUT2D eigenvalue weighted by Crippen LogP contribution is 2.42. The van der Waals surface area contributed by atoms with E-state index in [1.54, 1.807) is 0 Å². The second kappa shape index (κ2) is 17.5. The Labute approximate surface area is 355 Å². The van der Waals surface area contributed by atoms with Crippen LogP contribution in [0, 0.1) is 0 Å². The van der Waals surface area contributed by atoms with E-state index >= 15 is 0 Å². The van der Waals surface area contributed by atoms with Gasteiger partial charge < -0.3 is 5.11 Å². The molecule has 4 nitrogen and oxygen atoms in total. The molecule has 0 unspecified atom stereocenters. The van der Waals surface area contributed by atoms with Crippen molar-refractivity contribution >= 4 is 37.6 Å². The maximum atomic E-state index is 12.7. The van der Waals surface area contributed by atoms with Crippen LogP contribution in [0.25, 0.3) is 78.1 Å². The predicted octanol–water partition coefficient (Wildman–Crippen LogP) is 14.6. The lowest BCUT2D eigenvalue weighted by Crippen LogP contribution is -1.99. The van der Waals surface area contributed by atoms with Crippen LogP contribution in [-0.2, 0) is 11.2 Å². The fraction of sp³-hybridized carbons (Fsp3) is 0.0577. The number of nitrogens with zero attached hydrogens (tertiary/aromatic N) is 2. The van der Waals surface area contributed by atoms with E-state index in [0.29, 0.717) is 12.8 Å². The lowest BCUT2D eigenvalue weighted by atomic mass is 9.86. The zero-order valence-corrected chi connectivity index (χ0v) is 34.9. The first kappa shape index (κ1) is 38.7. The molecule has 0 bridgehead atoms. The molecule has 0 amide bonds. The van der Waals surface area contributed by atoms with E-state index in [2.05, 4.69) is 158 Å². The van der Waals surface area contributed by atoms with Crippen molar-refractivity contribution in [1.82, 2.24) is 9.97 Å². The van der Waals surface area contributed by atoms with Gasteiger partial charge >= 0.3 is 0 Å². The van der Waals surface area contributed by atoms with E-state index < -0.39 is 0 Å². The van der Waals surface area contributed by atoms with E-state index in [0.717, 1.165) is 92.7 Å². The zero-order chi connectivity index (χ0) is 40.0. The molecule has 6 aromatic carbocycles. The molecular weight excluding hydrogens is 844 g/mol. The molecule has 0 aliphatic rings. The summed E-state index contributed by atoms with van der Waals surface area (Å²) in [5.74, 6) is -0.0878. The Morgan fingerprint density at radius 2 is 1.12 bits per heavy atom. The summed E-state index contributed by atoms with van der Waals surface area (Å²) in [6.45, 7) is 1.52. The highest BCUT2D eigenvalue weighted by atomic mass is 79.9. The van der Waals surface area contributed by atoms with Crippen LogP contribution in [0.15, 0.2) is 197 Å². The summed E-state index contributed by atoms with van der Waals surface area (Å²) < 4.78 is 1.99. The van der Waals surface area contributed by atoms with E-state index in [-0.39, 0.29) is 11.5 Å². The summed E-state index contributed by atoms with van der Waals surface area (Å²) in [7, 11) is 0. The predicted molar refractivity (Wildman–Crippen MR) is 245 cm³/mol. The van der Waals surface area contributed by atoms with Crippen LogP contribution in [0.1, 0.15) is 18.9 Å². The lowest BCUT2D eigenvalue weighted by Gasteiger charge is -2.18. The Kier molecular flexibility index (Phi) is 11.7. The summed E-state index contributed by atoms with van der Waals surface area (Å²) in [5.41, 5.74) is 15.6. The number of hydrogen-bond donors (Lipinski definition) is 1. The molecular formula is C52H38Br2N2O2. The average Bonchev–Trinajstić information content (AvgIpc) is 3.26. The van der Waals surface area contributed by atoms with Gasteiger partial charge in [0.25, 0.3) is 0 Å². The first-order valence-corrected chi connectivity index (χ1v) is 20.7. The Hall–Kier alpha value is -6.21. The molecule has 0 atom stereocenters. The zero-order valence-electron chi connectivity index (χ0n) is 31.7. The van der Waals surface area contributed by atoms with Gasteiger partial charge in [0.1, 0.15) is 0 Å². The summed E-state index contributed by atoms with van der Waals surface area (Å²) in [4.78, 5) is 22.2. The molecule has 8 rings (SSSR count). The molecule has 0 spiro atoms. The summed E-state index contributed by atoms with van der Waals surface area (Å²) in [6.07, 6.45) is 5.90. The van der Waals surface area contributed by atoms with Crippen molar-refractivity contribution in [3.63, 3.8) is 0 Å². The van der Waals surface area contributed by atoms with Gasteiger partial charge in [-0.3, -0.25) is 14.8 Å². The third-order valence-electron chi connectivity index (χ3n) is 10.2. The Bertz CT molecular complexity index is 2790. The molecule has 0 saturated heterocycles. The Balaban J connectivity index is 1.27. The first-order chi connectivity index (χ1) is 28.3. The fourth-order valence-electron chi connectivity index (χ4n) is 7.43. The molecule has 282 valence electrons. The molecule has 0 fully saturated rings. The number of aliphatic hydroxyl groups excluding tert-OH is 1. The molecule has 2 aromatic heterocycles. The Morgan fingerprint density at radius 1 is 0.534 bits per heavy atom. The van der Waals surface area contributed by atoms with Gasteiger partial charge in [-0.25, -0.2) is 0 Å². The van der Waals surface area contributed by atoms with Crippen molar-refractivity contribution in [2.75, 3.05) is 0 Å². The van der Waals surface area contributed by atoms with E-state index in [1.165, 1.54) is 13.0 Å². The SMILES string of the molecule is CC(O)=CC(=O)CCc1ccccc1-c1cc(-c2ccccc2-c2ccc(-c3cccc(Br)c3)nc2)cc(-c2ccccc2-c2ccc(-c3ccccn3)cc2Br)c1. The van der Waals surface area contributed by atoms with Crippen LogP contribution in [0.5, 0.6) is 0 Å². The van der Waals surface area contributed by atoms with Crippen LogP contribution in [-0.4, -0.2) is 20.9 Å². The number of benzene rings is 6. The van der Waals surface area contributed by atoms with Crippen molar-refractivity contribution in [2.45, 2.75) is 19.8 Å². The number of ketones is 1. The number of halogens is 2. The normalized spacial score (nSPS) is 11.4. The van der Waals surface area contributed by atoms with Gasteiger partial charge in [0.15, 0.2) is 5.78 Å². The van der Waals surface area contributed by atoms with Crippen molar-refractivity contribution in [2.24, 2.45) is 0 Å². The molecule has 58 heavy (non-hydrogen) atoms. The molecule has 0 saturated carbocycles. The molecule has 1 N–H and O–H groups in total. The van der Waals surface area contributed by atoms with Gasteiger partial charge in [-0.05, 0) is 124 Å². The lowest BCUT2D eigenvalue weighted by molar-refractivity contribution is -0.114. The second-order valence-electron chi connectivity index (χ2n) is 14.2. The number of allylic oxidation sites excluding steroid dienone is 2. The van der Waals surface area contributed by atoms with Gasteiger partial charge in [-0.2, -0.15) is 0 Å². The minimum atomic E-state index is -0.105. The number of carbonyl (C=O) groups excluding carboxylic acids is 1. The van der Waals surface area contributed by atoms with Crippen molar-refractivity contribution in [1.29, 1.82) is 0 Å². The monoisotopic (exact) mass is 880 g/mol. The van der Waals surface area contributed by atoms with Gasteiger partial charge in [-0.1, -0.05) is 141 Å².